The Bertz CT molecular complexity index is 560. The van der Waals surface area contributed by atoms with Crippen LogP contribution in [0, 0.1) is 11.3 Å². The molecule has 0 unspecified atom stereocenters. The van der Waals surface area contributed by atoms with Gasteiger partial charge in [-0.25, -0.2) is 0 Å². The van der Waals surface area contributed by atoms with E-state index in [1.165, 1.54) is 6.42 Å². The van der Waals surface area contributed by atoms with Gasteiger partial charge >= 0.3 is 5.84 Å². The Kier molecular flexibility index (Phi) is 4.97. The van der Waals surface area contributed by atoms with E-state index in [0.29, 0.717) is 10.9 Å². The molecule has 1 fully saturated rings. The highest BCUT2D eigenvalue weighted by atomic mass is 35.5. The molecule has 6 heteroatoms. The van der Waals surface area contributed by atoms with Gasteiger partial charge in [0, 0.05) is 5.02 Å². The van der Waals surface area contributed by atoms with Crippen LogP contribution in [0.5, 0.6) is 0 Å². The number of amidine groups is 1. The molecule has 0 radical (unpaired) electrons. The fourth-order valence-corrected chi connectivity index (χ4v) is 2.19. The Morgan fingerprint density at radius 1 is 1.25 bits per heavy atom. The first-order valence-electron chi connectivity index (χ1n) is 6.58. The number of benzene rings is 1. The summed E-state index contributed by atoms with van der Waals surface area (Å²) in [6, 6.07) is 9.12. The first kappa shape index (κ1) is 14.4. The predicted octanol–water partition coefficient (Wildman–Crippen LogP) is 2.19. The van der Waals surface area contributed by atoms with Crippen molar-refractivity contribution in [1.29, 1.82) is 5.26 Å². The fourth-order valence-electron chi connectivity index (χ4n) is 2.07. The van der Waals surface area contributed by atoms with E-state index in [2.05, 4.69) is 10.5 Å². The highest BCUT2D eigenvalue weighted by molar-refractivity contribution is 6.45. The second-order valence-electron chi connectivity index (χ2n) is 4.62. The van der Waals surface area contributed by atoms with E-state index in [9.17, 15) is 5.26 Å². The molecular weight excluding hydrogens is 274 g/mol. The van der Waals surface area contributed by atoms with E-state index in [1.807, 2.05) is 10.6 Å². The summed E-state index contributed by atoms with van der Waals surface area (Å²) in [5.41, 5.74) is 9.81. The number of nitrogens with two attached hydrogens (primary N) is 1. The zero-order valence-electron chi connectivity index (χ0n) is 11.1. The maximum atomic E-state index is 9.18. The van der Waals surface area contributed by atoms with Gasteiger partial charge in [-0.15, -0.1) is 0 Å². The summed E-state index contributed by atoms with van der Waals surface area (Å²) in [6.45, 7) is 1.76. The number of hydrogen-bond acceptors (Lipinski definition) is 3. The Hall–Kier alpha value is -2.06. The lowest BCUT2D eigenvalue weighted by Gasteiger charge is -2.14. The van der Waals surface area contributed by atoms with Crippen LogP contribution >= 0.6 is 11.6 Å². The minimum Gasteiger partial charge on any atom is -0.285 e. The Morgan fingerprint density at radius 3 is 2.50 bits per heavy atom. The van der Waals surface area contributed by atoms with Crippen molar-refractivity contribution in [3.05, 3.63) is 29.3 Å². The minimum atomic E-state index is 0.210. The van der Waals surface area contributed by atoms with Crippen molar-refractivity contribution in [3.63, 3.8) is 0 Å². The first-order chi connectivity index (χ1) is 9.70. The molecule has 1 aliphatic rings. The summed E-state index contributed by atoms with van der Waals surface area (Å²) < 4.78 is 2.01. The second-order valence-corrected chi connectivity index (χ2v) is 5.06. The number of halogens is 1. The summed E-state index contributed by atoms with van der Waals surface area (Å²) in [7, 11) is 0. The number of hydrogen-bond donors (Lipinski definition) is 2. The van der Waals surface area contributed by atoms with Gasteiger partial charge < -0.3 is 0 Å². The molecule has 1 aliphatic heterocycles. The smallest absolute Gasteiger partial charge is 0.285 e. The van der Waals surface area contributed by atoms with Crippen molar-refractivity contribution in [2.24, 2.45) is 10.8 Å². The van der Waals surface area contributed by atoms with Crippen LogP contribution in [0.15, 0.2) is 29.4 Å². The van der Waals surface area contributed by atoms with Gasteiger partial charge in [-0.2, -0.15) is 10.4 Å². The minimum absolute atomic E-state index is 0.210. The molecule has 0 aliphatic carbocycles. The molecule has 3 N–H and O–H groups in total. The number of anilines is 1. The molecule has 1 aromatic rings. The van der Waals surface area contributed by atoms with Crippen molar-refractivity contribution in [2.45, 2.75) is 19.3 Å². The number of nitriles is 1. The zero-order chi connectivity index (χ0) is 14.4. The molecule has 1 saturated heterocycles. The Labute approximate surface area is 123 Å². The molecule has 20 heavy (non-hydrogen) atoms. The third-order valence-corrected chi connectivity index (χ3v) is 3.44. The molecule has 104 valence electrons. The van der Waals surface area contributed by atoms with E-state index >= 15 is 0 Å². The SMILES string of the molecule is N#C/C(=N/Nc1ccc(Cl)cc1)C(N)=[N+]1CCCCC1. The molecule has 5 nitrogen and oxygen atoms in total. The first-order valence-corrected chi connectivity index (χ1v) is 6.95. The average Bonchev–Trinajstić information content (AvgIpc) is 2.50. The van der Waals surface area contributed by atoms with Crippen molar-refractivity contribution < 1.29 is 4.58 Å². The Morgan fingerprint density at radius 2 is 1.90 bits per heavy atom. The molecular formula is C14H17ClN5+. The highest BCUT2D eigenvalue weighted by Crippen LogP contribution is 2.13. The lowest BCUT2D eigenvalue weighted by Crippen LogP contribution is -2.38. The summed E-state index contributed by atoms with van der Waals surface area (Å²) in [6.07, 6.45) is 3.42. The van der Waals surface area contributed by atoms with Crippen molar-refractivity contribution in [1.82, 2.24) is 0 Å². The van der Waals surface area contributed by atoms with Gasteiger partial charge in [0.15, 0.2) is 0 Å². The van der Waals surface area contributed by atoms with Crippen LogP contribution in [-0.2, 0) is 0 Å². The van der Waals surface area contributed by atoms with E-state index in [4.69, 9.17) is 17.3 Å². The number of nitrogens with one attached hydrogen (secondary N) is 1. The van der Waals surface area contributed by atoms with Crippen LogP contribution in [0.4, 0.5) is 5.69 Å². The van der Waals surface area contributed by atoms with Crippen LogP contribution in [0.3, 0.4) is 0 Å². The quantitative estimate of drug-likeness (QED) is 0.388. The summed E-state index contributed by atoms with van der Waals surface area (Å²) in [5.74, 6) is 0.439. The van der Waals surface area contributed by atoms with Gasteiger partial charge in [-0.05, 0) is 43.5 Å². The van der Waals surface area contributed by atoms with Crippen molar-refractivity contribution in [3.8, 4) is 6.07 Å². The van der Waals surface area contributed by atoms with Gasteiger partial charge in [0.2, 0.25) is 5.71 Å². The van der Waals surface area contributed by atoms with Crippen molar-refractivity contribution >= 4 is 28.8 Å². The van der Waals surface area contributed by atoms with E-state index < -0.39 is 0 Å². The van der Waals surface area contributed by atoms with E-state index in [1.54, 1.807) is 24.3 Å². The molecule has 1 aromatic carbocycles. The molecule has 0 spiro atoms. The van der Waals surface area contributed by atoms with Gasteiger partial charge in [0.25, 0.3) is 0 Å². The topological polar surface area (TPSA) is 77.2 Å². The largest absolute Gasteiger partial charge is 0.306 e. The number of rotatable bonds is 3. The standard InChI is InChI=1S/C14H16ClN5/c15-11-4-6-12(7-5-11)18-19-13(10-16)14(17)20-8-2-1-3-9-20/h4-7H,1-3,8-9H2,(H2,17,18)/p+1. The third-order valence-electron chi connectivity index (χ3n) is 3.19. The van der Waals surface area contributed by atoms with Crippen LogP contribution in [0.1, 0.15) is 19.3 Å². The summed E-state index contributed by atoms with van der Waals surface area (Å²) >= 11 is 5.81. The molecule has 1 heterocycles. The summed E-state index contributed by atoms with van der Waals surface area (Å²) in [4.78, 5) is 0. The van der Waals surface area contributed by atoms with Crippen LogP contribution < -0.4 is 11.2 Å². The number of piperidine rings is 1. The van der Waals surface area contributed by atoms with Crippen LogP contribution in [-0.4, -0.2) is 29.2 Å². The van der Waals surface area contributed by atoms with Crippen LogP contribution in [0.25, 0.3) is 0 Å². The Balaban J connectivity index is 2.13. The lowest BCUT2D eigenvalue weighted by atomic mass is 10.1. The fraction of sp³-hybridized carbons (Fsp3) is 0.357. The molecule has 2 rings (SSSR count). The van der Waals surface area contributed by atoms with E-state index in [-0.39, 0.29) is 5.71 Å². The van der Waals surface area contributed by atoms with E-state index in [0.717, 1.165) is 31.6 Å². The maximum absolute atomic E-state index is 9.18. The second kappa shape index (κ2) is 6.92. The van der Waals surface area contributed by atoms with Gasteiger partial charge in [0.1, 0.15) is 6.07 Å². The number of nitrogens with zero attached hydrogens (tertiary/aromatic N) is 3. The van der Waals surface area contributed by atoms with Gasteiger partial charge in [0.05, 0.1) is 18.8 Å². The third kappa shape index (κ3) is 3.72. The monoisotopic (exact) mass is 290 g/mol. The lowest BCUT2D eigenvalue weighted by molar-refractivity contribution is -0.536. The highest BCUT2D eigenvalue weighted by Gasteiger charge is 2.18. The zero-order valence-corrected chi connectivity index (χ0v) is 11.9. The summed E-state index contributed by atoms with van der Waals surface area (Å²) in [5, 5.41) is 13.9. The molecule has 0 bridgehead atoms. The molecule has 0 aromatic heterocycles. The van der Waals surface area contributed by atoms with Crippen LogP contribution in [0.2, 0.25) is 5.02 Å². The van der Waals surface area contributed by atoms with Crippen molar-refractivity contribution in [2.75, 3.05) is 18.5 Å². The molecule has 0 amide bonds. The van der Waals surface area contributed by atoms with Gasteiger partial charge in [-0.3, -0.25) is 15.7 Å². The molecule has 0 saturated carbocycles. The predicted molar refractivity (Wildman–Crippen MR) is 81.2 cm³/mol. The average molecular weight is 291 g/mol. The maximum Gasteiger partial charge on any atom is 0.306 e. The number of hydrazone groups is 1. The molecule has 0 atom stereocenters. The normalized spacial score (nSPS) is 15.6. The van der Waals surface area contributed by atoms with Gasteiger partial charge in [-0.1, -0.05) is 11.6 Å².